The molecule has 1 aromatic heterocycles. The lowest BCUT2D eigenvalue weighted by molar-refractivity contribution is -0.124. The normalized spacial score (nSPS) is 23.8. The van der Waals surface area contributed by atoms with Crippen LogP contribution in [0, 0.1) is 5.92 Å². The van der Waals surface area contributed by atoms with Crippen molar-refractivity contribution < 1.29 is 4.79 Å². The van der Waals surface area contributed by atoms with Gasteiger partial charge in [0.05, 0.1) is 5.69 Å². The summed E-state index contributed by atoms with van der Waals surface area (Å²) in [5.41, 5.74) is 1.09. The number of nitrogens with zero attached hydrogens (tertiary/aromatic N) is 2. The van der Waals surface area contributed by atoms with Crippen molar-refractivity contribution in [3.05, 3.63) is 24.3 Å². The summed E-state index contributed by atoms with van der Waals surface area (Å²) in [4.78, 5) is 20.5. The lowest BCUT2D eigenvalue weighted by Gasteiger charge is -2.27. The molecule has 0 atom stereocenters. The molecule has 0 unspecified atom stereocenters. The first kappa shape index (κ1) is 13.2. The van der Waals surface area contributed by atoms with E-state index in [0.717, 1.165) is 50.6 Å². The number of rotatable bonds is 5. The Morgan fingerprint density at radius 2 is 2.06 bits per heavy atom. The maximum atomic E-state index is 12.0. The topological polar surface area (TPSA) is 42.9 Å². The molecule has 0 radical (unpaired) electrons. The molecule has 98 valence electrons. The highest BCUT2D eigenvalue weighted by atomic mass is 16.1. The molecule has 3 heteroatoms. The zero-order valence-corrected chi connectivity index (χ0v) is 11.1. The second kappa shape index (κ2) is 6.62. The molecule has 1 fully saturated rings. The molecule has 0 spiro atoms. The third-order valence-electron chi connectivity index (χ3n) is 3.96. The Morgan fingerprint density at radius 3 is 2.67 bits per heavy atom. The minimum absolute atomic E-state index is 0.310. The van der Waals surface area contributed by atoms with Crippen LogP contribution in [0.3, 0.4) is 0 Å². The average Bonchev–Trinajstić information content (AvgIpc) is 2.46. The van der Waals surface area contributed by atoms with Crippen LogP contribution in [0.1, 0.15) is 63.5 Å². The molecule has 0 aromatic carbocycles. The van der Waals surface area contributed by atoms with Crippen LogP contribution in [-0.4, -0.2) is 15.8 Å². The van der Waals surface area contributed by atoms with E-state index in [9.17, 15) is 4.79 Å². The fourth-order valence-electron chi connectivity index (χ4n) is 2.79. The molecule has 0 saturated heterocycles. The lowest BCUT2D eigenvalue weighted by atomic mass is 9.78. The van der Waals surface area contributed by atoms with E-state index < -0.39 is 0 Å². The van der Waals surface area contributed by atoms with E-state index >= 15 is 0 Å². The number of unbranched alkanes of at least 4 members (excludes halogenated alkanes) is 1. The first-order valence-corrected chi connectivity index (χ1v) is 7.10. The minimum Gasteiger partial charge on any atom is -0.299 e. The molecular formula is C15H22N2O. The molecule has 18 heavy (non-hydrogen) atoms. The molecule has 2 rings (SSSR count). The number of aromatic nitrogens is 2. The highest BCUT2D eigenvalue weighted by molar-refractivity contribution is 5.81. The fraction of sp³-hybridized carbons (Fsp3) is 0.667. The molecule has 0 amide bonds. The molecule has 0 aliphatic heterocycles. The predicted molar refractivity (Wildman–Crippen MR) is 71.3 cm³/mol. The van der Waals surface area contributed by atoms with Gasteiger partial charge in [0.15, 0.2) is 0 Å². The van der Waals surface area contributed by atoms with E-state index in [2.05, 4.69) is 16.9 Å². The van der Waals surface area contributed by atoms with Gasteiger partial charge in [-0.2, -0.15) is 0 Å². The largest absolute Gasteiger partial charge is 0.299 e. The van der Waals surface area contributed by atoms with Crippen LogP contribution >= 0.6 is 0 Å². The molecule has 1 aromatic rings. The lowest BCUT2D eigenvalue weighted by Crippen LogP contribution is -2.21. The van der Waals surface area contributed by atoms with E-state index in [-0.39, 0.29) is 0 Å². The molecule has 1 saturated carbocycles. The highest BCUT2D eigenvalue weighted by Gasteiger charge is 2.27. The average molecular weight is 246 g/mol. The van der Waals surface area contributed by atoms with Crippen LogP contribution in [0.25, 0.3) is 0 Å². The first-order valence-electron chi connectivity index (χ1n) is 7.10. The summed E-state index contributed by atoms with van der Waals surface area (Å²) in [5.74, 6) is 1.30. The van der Waals surface area contributed by atoms with Gasteiger partial charge in [-0.05, 0) is 32.1 Å². The number of carbonyl (C=O) groups is 1. The SMILES string of the molecule is CCCCC(=O)[C@H]1CC[C@H](c2cnccn2)CC1. The van der Waals surface area contributed by atoms with Crippen LogP contribution in [-0.2, 0) is 4.79 Å². The van der Waals surface area contributed by atoms with E-state index in [1.54, 1.807) is 12.4 Å². The number of hydrogen-bond donors (Lipinski definition) is 0. The van der Waals surface area contributed by atoms with E-state index in [0.29, 0.717) is 17.6 Å². The summed E-state index contributed by atoms with van der Waals surface area (Å²) in [5, 5.41) is 0. The molecule has 1 aliphatic carbocycles. The van der Waals surface area contributed by atoms with E-state index in [1.165, 1.54) is 0 Å². The summed E-state index contributed by atoms with van der Waals surface area (Å²) in [6.07, 6.45) is 12.5. The number of ketones is 1. The second-order valence-corrected chi connectivity index (χ2v) is 5.25. The van der Waals surface area contributed by atoms with Gasteiger partial charge in [0.25, 0.3) is 0 Å². The maximum absolute atomic E-state index is 12.0. The third-order valence-corrected chi connectivity index (χ3v) is 3.96. The summed E-state index contributed by atoms with van der Waals surface area (Å²) < 4.78 is 0. The van der Waals surface area contributed by atoms with Crippen molar-refractivity contribution in [1.29, 1.82) is 0 Å². The van der Waals surface area contributed by atoms with Crippen LogP contribution in [0.15, 0.2) is 18.6 Å². The molecule has 3 nitrogen and oxygen atoms in total. The number of carbonyl (C=O) groups excluding carboxylic acids is 1. The monoisotopic (exact) mass is 246 g/mol. The number of Topliss-reactive ketones (excluding diaryl/α,β-unsaturated/α-hetero) is 1. The van der Waals surface area contributed by atoms with Crippen molar-refractivity contribution in [2.24, 2.45) is 5.92 Å². The van der Waals surface area contributed by atoms with Gasteiger partial charge in [0.1, 0.15) is 5.78 Å². The third kappa shape index (κ3) is 3.37. The highest BCUT2D eigenvalue weighted by Crippen LogP contribution is 2.35. The quantitative estimate of drug-likeness (QED) is 0.798. The van der Waals surface area contributed by atoms with Gasteiger partial charge in [-0.3, -0.25) is 14.8 Å². The maximum Gasteiger partial charge on any atom is 0.135 e. The van der Waals surface area contributed by atoms with Crippen LogP contribution < -0.4 is 0 Å². The zero-order valence-electron chi connectivity index (χ0n) is 11.1. The Kier molecular flexibility index (Phi) is 4.85. The summed E-state index contributed by atoms with van der Waals surface area (Å²) >= 11 is 0. The molecule has 0 bridgehead atoms. The zero-order chi connectivity index (χ0) is 12.8. The van der Waals surface area contributed by atoms with Gasteiger partial charge in [0.2, 0.25) is 0 Å². The Hall–Kier alpha value is -1.25. The summed E-state index contributed by atoms with van der Waals surface area (Å²) in [6, 6.07) is 0. The Balaban J connectivity index is 1.83. The fourth-order valence-corrected chi connectivity index (χ4v) is 2.79. The standard InChI is InChI=1S/C15H22N2O/c1-2-3-4-15(18)13-7-5-12(6-8-13)14-11-16-9-10-17-14/h9-13H,2-8H2,1H3/t12-,13-. The predicted octanol–water partition coefficient (Wildman–Crippen LogP) is 3.51. The van der Waals surface area contributed by atoms with Crippen molar-refractivity contribution in [2.45, 2.75) is 57.8 Å². The molecule has 1 heterocycles. The van der Waals surface area contributed by atoms with E-state index in [1.807, 2.05) is 6.20 Å². The van der Waals surface area contributed by atoms with Crippen molar-refractivity contribution in [1.82, 2.24) is 9.97 Å². The van der Waals surface area contributed by atoms with Crippen LogP contribution in [0.5, 0.6) is 0 Å². The van der Waals surface area contributed by atoms with Gasteiger partial charge in [-0.25, -0.2) is 0 Å². The Labute approximate surface area is 109 Å². The first-order chi connectivity index (χ1) is 8.81. The molecular weight excluding hydrogens is 224 g/mol. The van der Waals surface area contributed by atoms with Gasteiger partial charge in [0, 0.05) is 36.8 Å². The van der Waals surface area contributed by atoms with Crippen molar-refractivity contribution in [3.63, 3.8) is 0 Å². The summed E-state index contributed by atoms with van der Waals surface area (Å²) in [7, 11) is 0. The minimum atomic E-state index is 0.310. The second-order valence-electron chi connectivity index (χ2n) is 5.25. The Bertz CT molecular complexity index is 369. The van der Waals surface area contributed by atoms with Crippen molar-refractivity contribution in [2.75, 3.05) is 0 Å². The molecule has 0 N–H and O–H groups in total. The number of hydrogen-bond acceptors (Lipinski definition) is 3. The smallest absolute Gasteiger partial charge is 0.135 e. The van der Waals surface area contributed by atoms with Crippen molar-refractivity contribution >= 4 is 5.78 Å². The van der Waals surface area contributed by atoms with E-state index in [4.69, 9.17) is 0 Å². The van der Waals surface area contributed by atoms with Gasteiger partial charge >= 0.3 is 0 Å². The van der Waals surface area contributed by atoms with Crippen molar-refractivity contribution in [3.8, 4) is 0 Å². The van der Waals surface area contributed by atoms with Crippen LogP contribution in [0.2, 0.25) is 0 Å². The van der Waals surface area contributed by atoms with Crippen LogP contribution in [0.4, 0.5) is 0 Å². The van der Waals surface area contributed by atoms with Gasteiger partial charge < -0.3 is 0 Å². The Morgan fingerprint density at radius 1 is 1.28 bits per heavy atom. The van der Waals surface area contributed by atoms with Gasteiger partial charge in [-0.15, -0.1) is 0 Å². The summed E-state index contributed by atoms with van der Waals surface area (Å²) in [6.45, 7) is 2.14. The molecule has 1 aliphatic rings. The van der Waals surface area contributed by atoms with Gasteiger partial charge in [-0.1, -0.05) is 13.3 Å².